The van der Waals surface area contributed by atoms with Crippen molar-refractivity contribution in [3.63, 3.8) is 0 Å². The zero-order valence-electron chi connectivity index (χ0n) is 15.9. The molecule has 1 amide bonds. The zero-order valence-corrected chi connectivity index (χ0v) is 16.7. The first-order chi connectivity index (χ1) is 13.5. The standard InChI is InChI=1S/C22H26F2N2OS/c23-18-9-13-6-7-16(17(13)10-19(18)24)20(25)11-22(27)26-12-15-8-14-4-2-1-3-5-21(14)28-15/h8-10,16,20H,1-7,11-12,25H2,(H,26,27). The number of hydrogen-bond donors (Lipinski definition) is 2. The number of amides is 1. The predicted octanol–water partition coefficient (Wildman–Crippen LogP) is 4.36. The number of aryl methyl sites for hydroxylation is 3. The van der Waals surface area contributed by atoms with E-state index in [2.05, 4.69) is 11.4 Å². The topological polar surface area (TPSA) is 55.1 Å². The Labute approximate surface area is 168 Å². The SMILES string of the molecule is NC(CC(=O)NCc1cc2c(s1)CCCCC2)C1CCc2cc(F)c(F)cc21. The van der Waals surface area contributed by atoms with Gasteiger partial charge in [-0.2, -0.15) is 0 Å². The molecular weight excluding hydrogens is 378 g/mol. The highest BCUT2D eigenvalue weighted by Gasteiger charge is 2.30. The van der Waals surface area contributed by atoms with Crippen LogP contribution in [0, 0.1) is 11.6 Å². The summed E-state index contributed by atoms with van der Waals surface area (Å²) in [6, 6.07) is 4.35. The second kappa shape index (κ2) is 8.29. The number of fused-ring (bicyclic) bond motifs is 2. The Morgan fingerprint density at radius 3 is 2.75 bits per heavy atom. The van der Waals surface area contributed by atoms with Gasteiger partial charge in [-0.25, -0.2) is 8.78 Å². The van der Waals surface area contributed by atoms with E-state index in [1.54, 1.807) is 11.3 Å². The average molecular weight is 405 g/mol. The van der Waals surface area contributed by atoms with Gasteiger partial charge in [-0.3, -0.25) is 4.79 Å². The number of benzene rings is 1. The van der Waals surface area contributed by atoms with E-state index in [0.717, 1.165) is 30.4 Å². The van der Waals surface area contributed by atoms with Gasteiger partial charge in [0.15, 0.2) is 11.6 Å². The molecule has 0 saturated carbocycles. The van der Waals surface area contributed by atoms with E-state index in [-0.39, 0.29) is 18.2 Å². The molecule has 0 saturated heterocycles. The van der Waals surface area contributed by atoms with Crippen LogP contribution in [0.4, 0.5) is 8.78 Å². The van der Waals surface area contributed by atoms with Crippen molar-refractivity contribution >= 4 is 17.2 Å². The third-order valence-corrected chi connectivity index (χ3v) is 7.24. The van der Waals surface area contributed by atoms with Gasteiger partial charge in [0.2, 0.25) is 5.91 Å². The molecular formula is C22H26F2N2OS. The smallest absolute Gasteiger partial charge is 0.221 e. The molecule has 3 nitrogen and oxygen atoms in total. The summed E-state index contributed by atoms with van der Waals surface area (Å²) in [6.45, 7) is 0.532. The van der Waals surface area contributed by atoms with Gasteiger partial charge in [0.1, 0.15) is 0 Å². The van der Waals surface area contributed by atoms with Crippen LogP contribution in [-0.2, 0) is 30.6 Å². The van der Waals surface area contributed by atoms with Crippen LogP contribution in [-0.4, -0.2) is 11.9 Å². The summed E-state index contributed by atoms with van der Waals surface area (Å²) in [5.74, 6) is -1.86. The lowest BCUT2D eigenvalue weighted by Crippen LogP contribution is -2.35. The van der Waals surface area contributed by atoms with E-state index in [0.29, 0.717) is 13.0 Å². The van der Waals surface area contributed by atoms with E-state index in [9.17, 15) is 13.6 Å². The molecule has 1 aromatic heterocycles. The minimum atomic E-state index is -0.847. The molecule has 6 heteroatoms. The van der Waals surface area contributed by atoms with Gasteiger partial charge in [0.05, 0.1) is 6.54 Å². The van der Waals surface area contributed by atoms with Gasteiger partial charge in [-0.05, 0) is 73.4 Å². The van der Waals surface area contributed by atoms with Gasteiger partial charge in [-0.1, -0.05) is 6.42 Å². The van der Waals surface area contributed by atoms with Crippen molar-refractivity contribution in [2.75, 3.05) is 0 Å². The molecule has 1 aromatic carbocycles. The van der Waals surface area contributed by atoms with Gasteiger partial charge < -0.3 is 11.1 Å². The minimum Gasteiger partial charge on any atom is -0.351 e. The van der Waals surface area contributed by atoms with E-state index in [1.165, 1.54) is 46.7 Å². The molecule has 150 valence electrons. The van der Waals surface area contributed by atoms with Crippen LogP contribution in [0.2, 0.25) is 0 Å². The van der Waals surface area contributed by atoms with Crippen molar-refractivity contribution in [3.8, 4) is 0 Å². The van der Waals surface area contributed by atoms with Crippen LogP contribution in [0.15, 0.2) is 18.2 Å². The number of halogens is 2. The molecule has 2 aliphatic rings. The lowest BCUT2D eigenvalue weighted by atomic mass is 9.91. The number of carbonyl (C=O) groups is 1. The first-order valence-corrected chi connectivity index (χ1v) is 10.9. The second-order valence-electron chi connectivity index (χ2n) is 7.98. The monoisotopic (exact) mass is 404 g/mol. The first kappa shape index (κ1) is 19.5. The normalized spacial score (nSPS) is 19.6. The van der Waals surface area contributed by atoms with E-state index in [1.807, 2.05) is 0 Å². The van der Waals surface area contributed by atoms with Crippen LogP contribution in [0.25, 0.3) is 0 Å². The highest BCUT2D eigenvalue weighted by atomic mass is 32.1. The van der Waals surface area contributed by atoms with Gasteiger partial charge in [0, 0.05) is 28.1 Å². The van der Waals surface area contributed by atoms with Crippen molar-refractivity contribution in [1.82, 2.24) is 5.32 Å². The van der Waals surface area contributed by atoms with E-state index < -0.39 is 17.7 Å². The maximum absolute atomic E-state index is 13.6. The van der Waals surface area contributed by atoms with Crippen molar-refractivity contribution in [2.45, 2.75) is 69.9 Å². The molecule has 1 heterocycles. The summed E-state index contributed by atoms with van der Waals surface area (Å²) in [7, 11) is 0. The number of carbonyl (C=O) groups excluding carboxylic acids is 1. The van der Waals surface area contributed by atoms with Crippen LogP contribution in [0.5, 0.6) is 0 Å². The molecule has 2 aromatic rings. The van der Waals surface area contributed by atoms with Crippen molar-refractivity contribution in [3.05, 3.63) is 56.3 Å². The third-order valence-electron chi connectivity index (χ3n) is 6.00. The minimum absolute atomic E-state index is 0.0906. The van der Waals surface area contributed by atoms with Gasteiger partial charge in [-0.15, -0.1) is 11.3 Å². The van der Waals surface area contributed by atoms with E-state index >= 15 is 0 Å². The number of nitrogens with two attached hydrogens (primary N) is 1. The van der Waals surface area contributed by atoms with E-state index in [4.69, 9.17) is 5.73 Å². The Bertz CT molecular complexity index is 856. The molecule has 28 heavy (non-hydrogen) atoms. The number of hydrogen-bond acceptors (Lipinski definition) is 3. The van der Waals surface area contributed by atoms with Crippen LogP contribution < -0.4 is 11.1 Å². The molecule has 3 N–H and O–H groups in total. The molecule has 0 aliphatic heterocycles. The summed E-state index contributed by atoms with van der Waals surface area (Å²) in [4.78, 5) is 15.1. The first-order valence-electron chi connectivity index (χ1n) is 10.1. The molecule has 2 aliphatic carbocycles. The maximum atomic E-state index is 13.6. The molecule has 0 bridgehead atoms. The van der Waals surface area contributed by atoms with Gasteiger partial charge >= 0.3 is 0 Å². The Hall–Kier alpha value is -1.79. The second-order valence-corrected chi connectivity index (χ2v) is 9.20. The third kappa shape index (κ3) is 4.13. The van der Waals surface area contributed by atoms with Gasteiger partial charge in [0.25, 0.3) is 0 Å². The molecule has 0 spiro atoms. The molecule has 0 fully saturated rings. The number of rotatable bonds is 5. The quantitative estimate of drug-likeness (QED) is 0.728. The highest BCUT2D eigenvalue weighted by Crippen LogP contribution is 2.37. The summed E-state index contributed by atoms with van der Waals surface area (Å²) >= 11 is 1.81. The molecule has 2 atom stereocenters. The van der Waals surface area contributed by atoms with Crippen LogP contribution in [0.3, 0.4) is 0 Å². The summed E-state index contributed by atoms with van der Waals surface area (Å²) in [5, 5.41) is 2.98. The fraction of sp³-hybridized carbons (Fsp3) is 0.500. The zero-order chi connectivity index (χ0) is 19.7. The number of thiophene rings is 1. The Kier molecular flexibility index (Phi) is 5.78. The lowest BCUT2D eigenvalue weighted by molar-refractivity contribution is -0.121. The molecule has 2 unspecified atom stereocenters. The lowest BCUT2D eigenvalue weighted by Gasteiger charge is -2.20. The summed E-state index contributed by atoms with van der Waals surface area (Å²) < 4.78 is 27.0. The van der Waals surface area contributed by atoms with Crippen molar-refractivity contribution < 1.29 is 13.6 Å². The Balaban J connectivity index is 1.33. The van der Waals surface area contributed by atoms with Crippen LogP contribution in [0.1, 0.15) is 64.5 Å². The molecule has 0 radical (unpaired) electrons. The Morgan fingerprint density at radius 2 is 1.89 bits per heavy atom. The summed E-state index contributed by atoms with van der Waals surface area (Å²) in [6.07, 6.45) is 7.68. The average Bonchev–Trinajstić information content (AvgIpc) is 3.17. The molecule has 4 rings (SSSR count). The maximum Gasteiger partial charge on any atom is 0.221 e. The predicted molar refractivity (Wildman–Crippen MR) is 107 cm³/mol. The Morgan fingerprint density at radius 1 is 1.11 bits per heavy atom. The fourth-order valence-corrected chi connectivity index (χ4v) is 5.71. The highest BCUT2D eigenvalue weighted by molar-refractivity contribution is 7.12. The van der Waals surface area contributed by atoms with Crippen molar-refractivity contribution in [2.24, 2.45) is 5.73 Å². The fourth-order valence-electron chi connectivity index (χ4n) is 4.51. The summed E-state index contributed by atoms with van der Waals surface area (Å²) in [5.41, 5.74) is 9.28. The van der Waals surface area contributed by atoms with Crippen LogP contribution >= 0.6 is 11.3 Å². The van der Waals surface area contributed by atoms with Crippen molar-refractivity contribution in [1.29, 1.82) is 0 Å². The largest absolute Gasteiger partial charge is 0.351 e. The number of nitrogens with one attached hydrogen (secondary N) is 1.